The molecule has 0 heterocycles. The molecule has 1 unspecified atom stereocenters. The van der Waals surface area contributed by atoms with Crippen LogP contribution in [0.1, 0.15) is 31.2 Å². The molecule has 1 aromatic rings. The summed E-state index contributed by atoms with van der Waals surface area (Å²) in [6.07, 6.45) is 4.32. The summed E-state index contributed by atoms with van der Waals surface area (Å²) >= 11 is 0. The summed E-state index contributed by atoms with van der Waals surface area (Å²) in [5.41, 5.74) is 6.51. The van der Waals surface area contributed by atoms with Crippen molar-refractivity contribution in [3.63, 3.8) is 0 Å². The van der Waals surface area contributed by atoms with Gasteiger partial charge in [0.1, 0.15) is 0 Å². The fourth-order valence-electron chi connectivity index (χ4n) is 1.92. The summed E-state index contributed by atoms with van der Waals surface area (Å²) in [5, 5.41) is 9.17. The van der Waals surface area contributed by atoms with E-state index in [1.54, 1.807) is 0 Å². The van der Waals surface area contributed by atoms with Crippen molar-refractivity contribution in [2.24, 2.45) is 11.7 Å². The molecule has 0 fully saturated rings. The number of hydrogen-bond acceptors (Lipinski definition) is 2. The Labute approximate surface area is 103 Å². The third-order valence-corrected chi connectivity index (χ3v) is 2.93. The first-order valence-corrected chi connectivity index (χ1v) is 6.21. The highest BCUT2D eigenvalue weighted by Crippen LogP contribution is 2.16. The Morgan fingerprint density at radius 3 is 2.47 bits per heavy atom. The van der Waals surface area contributed by atoms with E-state index in [4.69, 9.17) is 10.8 Å². The fourth-order valence-corrected chi connectivity index (χ4v) is 1.92. The largest absolute Gasteiger partial charge is 0.481 e. The van der Waals surface area contributed by atoms with E-state index in [0.29, 0.717) is 13.0 Å². The molecular formula is C14H21NO2. The number of hydrogen-bond donors (Lipinski definition) is 2. The topological polar surface area (TPSA) is 63.3 Å². The lowest BCUT2D eigenvalue weighted by atomic mass is 9.94. The molecule has 0 aliphatic heterocycles. The number of aliphatic carboxylic acids is 1. The van der Waals surface area contributed by atoms with Crippen LogP contribution in [0.5, 0.6) is 0 Å². The van der Waals surface area contributed by atoms with Crippen molar-refractivity contribution in [2.45, 2.75) is 32.1 Å². The normalized spacial score (nSPS) is 12.3. The number of benzene rings is 1. The van der Waals surface area contributed by atoms with Crippen LogP contribution in [0.3, 0.4) is 0 Å². The first kappa shape index (κ1) is 13.7. The van der Waals surface area contributed by atoms with Gasteiger partial charge in [0.05, 0.1) is 5.92 Å². The molecule has 0 aromatic heterocycles. The Morgan fingerprint density at radius 2 is 1.88 bits per heavy atom. The summed E-state index contributed by atoms with van der Waals surface area (Å²) in [7, 11) is 0. The zero-order chi connectivity index (χ0) is 12.5. The van der Waals surface area contributed by atoms with Crippen LogP contribution in [0.4, 0.5) is 0 Å². The Bertz CT molecular complexity index is 324. The molecular weight excluding hydrogens is 214 g/mol. The van der Waals surface area contributed by atoms with Crippen molar-refractivity contribution in [1.29, 1.82) is 0 Å². The Kier molecular flexibility index (Phi) is 6.33. The molecule has 1 atom stereocenters. The number of carboxylic acid groups (broad SMARTS) is 1. The smallest absolute Gasteiger partial charge is 0.306 e. The van der Waals surface area contributed by atoms with Gasteiger partial charge >= 0.3 is 5.97 Å². The fraction of sp³-hybridized carbons (Fsp3) is 0.500. The molecule has 1 aromatic carbocycles. The van der Waals surface area contributed by atoms with E-state index in [2.05, 4.69) is 0 Å². The highest BCUT2D eigenvalue weighted by Gasteiger charge is 2.17. The van der Waals surface area contributed by atoms with Gasteiger partial charge in [0.2, 0.25) is 0 Å². The minimum atomic E-state index is -0.693. The quantitative estimate of drug-likeness (QED) is 0.680. The lowest BCUT2D eigenvalue weighted by Crippen LogP contribution is -2.16. The number of rotatable bonds is 8. The number of unbranched alkanes of at least 4 members (excludes halogenated alkanes) is 2. The van der Waals surface area contributed by atoms with Gasteiger partial charge < -0.3 is 10.8 Å². The summed E-state index contributed by atoms with van der Waals surface area (Å²) in [5.74, 6) is -0.961. The average molecular weight is 235 g/mol. The number of carboxylic acids is 1. The molecule has 0 saturated heterocycles. The second kappa shape index (κ2) is 7.85. The maximum Gasteiger partial charge on any atom is 0.306 e. The van der Waals surface area contributed by atoms with Crippen molar-refractivity contribution in [3.8, 4) is 0 Å². The first-order chi connectivity index (χ1) is 8.24. The van der Waals surface area contributed by atoms with Crippen molar-refractivity contribution in [3.05, 3.63) is 35.9 Å². The second-order valence-corrected chi connectivity index (χ2v) is 4.36. The van der Waals surface area contributed by atoms with E-state index < -0.39 is 5.97 Å². The van der Waals surface area contributed by atoms with E-state index in [9.17, 15) is 4.79 Å². The lowest BCUT2D eigenvalue weighted by Gasteiger charge is -2.12. The maximum atomic E-state index is 11.1. The number of carbonyl (C=O) groups is 1. The van der Waals surface area contributed by atoms with Gasteiger partial charge in [0.15, 0.2) is 0 Å². The van der Waals surface area contributed by atoms with Gasteiger partial charge in [-0.15, -0.1) is 0 Å². The van der Waals surface area contributed by atoms with E-state index in [1.807, 2.05) is 30.3 Å². The molecule has 0 aliphatic carbocycles. The van der Waals surface area contributed by atoms with Gasteiger partial charge in [-0.3, -0.25) is 4.79 Å². The predicted molar refractivity (Wildman–Crippen MR) is 68.8 cm³/mol. The van der Waals surface area contributed by atoms with Gasteiger partial charge in [-0.2, -0.15) is 0 Å². The lowest BCUT2D eigenvalue weighted by molar-refractivity contribution is -0.142. The molecule has 3 heteroatoms. The van der Waals surface area contributed by atoms with E-state index in [1.165, 1.54) is 0 Å². The van der Waals surface area contributed by atoms with Crippen molar-refractivity contribution in [1.82, 2.24) is 0 Å². The molecule has 17 heavy (non-hydrogen) atoms. The SMILES string of the molecule is NCCCCCC(Cc1ccccc1)C(=O)O. The third kappa shape index (κ3) is 5.50. The third-order valence-electron chi connectivity index (χ3n) is 2.93. The molecule has 0 radical (unpaired) electrons. The molecule has 94 valence electrons. The van der Waals surface area contributed by atoms with Crippen LogP contribution < -0.4 is 5.73 Å². The monoisotopic (exact) mass is 235 g/mol. The molecule has 1 rings (SSSR count). The van der Waals surface area contributed by atoms with Crippen LogP contribution in [0.2, 0.25) is 0 Å². The van der Waals surface area contributed by atoms with Crippen LogP contribution in [0, 0.1) is 5.92 Å². The molecule has 0 aliphatic rings. The zero-order valence-corrected chi connectivity index (χ0v) is 10.1. The van der Waals surface area contributed by atoms with E-state index in [-0.39, 0.29) is 5.92 Å². The number of nitrogens with two attached hydrogens (primary N) is 1. The maximum absolute atomic E-state index is 11.1. The van der Waals surface area contributed by atoms with Gasteiger partial charge in [-0.1, -0.05) is 43.2 Å². The highest BCUT2D eigenvalue weighted by atomic mass is 16.4. The molecule has 3 nitrogen and oxygen atoms in total. The summed E-state index contributed by atoms with van der Waals surface area (Å²) in [6, 6.07) is 9.80. The Morgan fingerprint density at radius 1 is 1.18 bits per heavy atom. The van der Waals surface area contributed by atoms with Crippen molar-refractivity contribution < 1.29 is 9.90 Å². The van der Waals surface area contributed by atoms with Gasteiger partial charge in [0, 0.05) is 0 Å². The van der Waals surface area contributed by atoms with E-state index in [0.717, 1.165) is 31.2 Å². The van der Waals surface area contributed by atoms with Crippen LogP contribution >= 0.6 is 0 Å². The van der Waals surface area contributed by atoms with Crippen LogP contribution in [0.25, 0.3) is 0 Å². The summed E-state index contributed by atoms with van der Waals surface area (Å²) < 4.78 is 0. The Balaban J connectivity index is 2.41. The summed E-state index contributed by atoms with van der Waals surface area (Å²) in [6.45, 7) is 0.691. The van der Waals surface area contributed by atoms with Crippen LogP contribution in [0.15, 0.2) is 30.3 Å². The molecule has 0 spiro atoms. The minimum Gasteiger partial charge on any atom is -0.481 e. The Hall–Kier alpha value is -1.35. The molecule has 0 bridgehead atoms. The van der Waals surface area contributed by atoms with E-state index >= 15 is 0 Å². The molecule has 0 amide bonds. The highest BCUT2D eigenvalue weighted by molar-refractivity contribution is 5.70. The summed E-state index contributed by atoms with van der Waals surface area (Å²) in [4.78, 5) is 11.1. The predicted octanol–water partition coefficient (Wildman–Crippen LogP) is 2.45. The van der Waals surface area contributed by atoms with Crippen molar-refractivity contribution >= 4 is 5.97 Å². The second-order valence-electron chi connectivity index (χ2n) is 4.36. The molecule has 3 N–H and O–H groups in total. The van der Waals surface area contributed by atoms with Gasteiger partial charge in [0.25, 0.3) is 0 Å². The standard InChI is InChI=1S/C14H21NO2/c15-10-6-2-5-9-13(14(16)17)11-12-7-3-1-4-8-12/h1,3-4,7-8,13H,2,5-6,9-11,15H2,(H,16,17). The van der Waals surface area contributed by atoms with Crippen LogP contribution in [-0.2, 0) is 11.2 Å². The van der Waals surface area contributed by atoms with Crippen molar-refractivity contribution in [2.75, 3.05) is 6.54 Å². The van der Waals surface area contributed by atoms with Gasteiger partial charge in [-0.05, 0) is 31.4 Å². The van der Waals surface area contributed by atoms with Crippen LogP contribution in [-0.4, -0.2) is 17.6 Å². The molecule has 0 saturated carbocycles. The van der Waals surface area contributed by atoms with Gasteiger partial charge in [-0.25, -0.2) is 0 Å². The average Bonchev–Trinajstić information content (AvgIpc) is 2.34. The first-order valence-electron chi connectivity index (χ1n) is 6.21. The minimum absolute atomic E-state index is 0.268. The zero-order valence-electron chi connectivity index (χ0n) is 10.1.